The Balaban J connectivity index is 2.07. The van der Waals surface area contributed by atoms with Gasteiger partial charge in [0.1, 0.15) is 12.1 Å². The van der Waals surface area contributed by atoms with E-state index in [9.17, 15) is 34.2 Å². The first-order valence-corrected chi connectivity index (χ1v) is 13.4. The number of nitrogens with zero attached hydrogens (tertiary/aromatic N) is 1. The zero-order valence-corrected chi connectivity index (χ0v) is 23.6. The molecule has 0 saturated carbocycles. The van der Waals surface area contributed by atoms with Crippen LogP contribution in [0.5, 0.6) is 0 Å². The number of benzene rings is 3. The molecule has 7 N–H and O–H groups in total. The summed E-state index contributed by atoms with van der Waals surface area (Å²) < 4.78 is 0. The fourth-order valence-corrected chi connectivity index (χ4v) is 4.52. The van der Waals surface area contributed by atoms with E-state index in [4.69, 9.17) is 16.6 Å². The Labute approximate surface area is 247 Å². The largest absolute Gasteiger partial charge is 0.545 e. The summed E-state index contributed by atoms with van der Waals surface area (Å²) in [5.74, 6) is -5.47. The van der Waals surface area contributed by atoms with Crippen molar-refractivity contribution in [2.24, 2.45) is 11.5 Å². The molecule has 1 amide bonds. The average Bonchev–Trinajstić information content (AvgIpc) is 2.97. The third-order valence-corrected chi connectivity index (χ3v) is 6.75. The van der Waals surface area contributed by atoms with Crippen LogP contribution >= 0.6 is 0 Å². The second-order valence-corrected chi connectivity index (χ2v) is 10.1. The molecule has 0 aliphatic rings. The van der Waals surface area contributed by atoms with E-state index in [0.717, 1.165) is 10.5 Å². The first kappa shape index (κ1) is 32.6. The summed E-state index contributed by atoms with van der Waals surface area (Å²) in [7, 11) is 0. The number of nitrogens with two attached hydrogens (primary N) is 2. The van der Waals surface area contributed by atoms with Crippen molar-refractivity contribution in [2.45, 2.75) is 50.9 Å². The van der Waals surface area contributed by atoms with Gasteiger partial charge in [-0.2, -0.15) is 0 Å². The molecule has 12 heteroatoms. The molecule has 3 aromatic carbocycles. The number of carbonyl (C=O) groups is 5. The van der Waals surface area contributed by atoms with Gasteiger partial charge < -0.3 is 31.6 Å². The molecule has 43 heavy (non-hydrogen) atoms. The Bertz CT molecular complexity index is 1490. The summed E-state index contributed by atoms with van der Waals surface area (Å²) >= 11 is 0. The number of ketones is 1. The normalized spacial score (nSPS) is 13.8. The molecular formula is C31H33N4O8-. The van der Waals surface area contributed by atoms with Crippen molar-refractivity contribution in [3.05, 3.63) is 95.1 Å². The molecule has 0 aromatic heterocycles. The molecule has 0 spiro atoms. The highest BCUT2D eigenvalue weighted by Crippen LogP contribution is 2.34. The SMILES string of the molecule is C[C@H](N)C(=O)N(c1ccc(C[C@H](N)C(=O)O)cc1)c1c(C(=O)[O-])cccc1C(=O)[C@H](C)NC(Cc1ccccc1)C(=O)O. The van der Waals surface area contributed by atoms with Crippen LogP contribution in [0.25, 0.3) is 0 Å². The quantitative estimate of drug-likeness (QED) is 0.166. The topological polar surface area (TPSA) is 216 Å². The van der Waals surface area contributed by atoms with Crippen LogP contribution in [0, 0.1) is 0 Å². The van der Waals surface area contributed by atoms with Gasteiger partial charge in [-0.3, -0.25) is 29.4 Å². The Kier molecular flexibility index (Phi) is 10.9. The van der Waals surface area contributed by atoms with Crippen LogP contribution in [0.15, 0.2) is 72.8 Å². The Morgan fingerprint density at radius 1 is 0.791 bits per heavy atom. The van der Waals surface area contributed by atoms with E-state index < -0.39 is 59.3 Å². The summed E-state index contributed by atoms with van der Waals surface area (Å²) in [6, 6.07) is 14.0. The molecule has 0 aliphatic carbocycles. The van der Waals surface area contributed by atoms with E-state index in [1.54, 1.807) is 30.3 Å². The number of para-hydroxylation sites is 1. The lowest BCUT2D eigenvalue weighted by molar-refractivity contribution is -0.254. The van der Waals surface area contributed by atoms with Gasteiger partial charge in [-0.05, 0) is 56.0 Å². The lowest BCUT2D eigenvalue weighted by Crippen LogP contribution is -2.47. The van der Waals surface area contributed by atoms with Gasteiger partial charge in [0.25, 0.3) is 0 Å². The van der Waals surface area contributed by atoms with Crippen LogP contribution < -0.4 is 26.8 Å². The molecule has 226 valence electrons. The van der Waals surface area contributed by atoms with Gasteiger partial charge in [0.05, 0.1) is 23.7 Å². The highest BCUT2D eigenvalue weighted by atomic mass is 16.4. The van der Waals surface area contributed by atoms with Gasteiger partial charge in [0, 0.05) is 16.8 Å². The van der Waals surface area contributed by atoms with E-state index in [2.05, 4.69) is 5.32 Å². The monoisotopic (exact) mass is 589 g/mol. The number of carboxylic acid groups (broad SMARTS) is 3. The number of amides is 1. The molecule has 12 nitrogen and oxygen atoms in total. The lowest BCUT2D eigenvalue weighted by Gasteiger charge is -2.30. The number of aromatic carboxylic acids is 1. The highest BCUT2D eigenvalue weighted by molar-refractivity contribution is 6.15. The maximum Gasteiger partial charge on any atom is 0.321 e. The van der Waals surface area contributed by atoms with Crippen LogP contribution in [0.2, 0.25) is 0 Å². The van der Waals surface area contributed by atoms with Crippen molar-refractivity contribution in [3.63, 3.8) is 0 Å². The predicted molar refractivity (Wildman–Crippen MR) is 156 cm³/mol. The number of Topliss-reactive ketones (excluding diaryl/α,β-unsaturated/α-hetero) is 1. The van der Waals surface area contributed by atoms with E-state index in [1.165, 1.54) is 56.3 Å². The second kappa shape index (κ2) is 14.3. The van der Waals surface area contributed by atoms with Gasteiger partial charge in [-0.15, -0.1) is 0 Å². The zero-order valence-electron chi connectivity index (χ0n) is 23.6. The Hall–Kier alpha value is -4.91. The minimum absolute atomic E-state index is 0.00682. The van der Waals surface area contributed by atoms with Crippen molar-refractivity contribution in [1.29, 1.82) is 0 Å². The first-order chi connectivity index (χ1) is 20.3. The first-order valence-electron chi connectivity index (χ1n) is 13.4. The molecule has 0 fully saturated rings. The molecule has 0 saturated heterocycles. The number of hydrogen-bond donors (Lipinski definition) is 5. The summed E-state index contributed by atoms with van der Waals surface area (Å²) in [5.41, 5.74) is 12.0. The standard InChI is InChI=1S/C31H34N4O8/c1-17(32)28(37)35(21-13-11-20(12-14-21)15-24(33)30(40)41)26-22(9-6-10-23(26)29(38)39)27(36)18(2)34-25(31(42)43)16-19-7-4-3-5-8-19/h3-14,17-18,24-25,34H,15-16,32-33H2,1-2H3,(H,38,39)(H,40,41)(H,42,43)/p-1/t17-,18-,24-,25?/m0/s1. The summed E-state index contributed by atoms with van der Waals surface area (Å²) in [5, 5.41) is 34.0. The number of aliphatic carboxylic acids is 2. The van der Waals surface area contributed by atoms with Crippen molar-refractivity contribution >= 4 is 41.0 Å². The second-order valence-electron chi connectivity index (χ2n) is 10.1. The Morgan fingerprint density at radius 3 is 1.91 bits per heavy atom. The van der Waals surface area contributed by atoms with Crippen molar-refractivity contribution in [3.8, 4) is 0 Å². The Morgan fingerprint density at radius 2 is 1.37 bits per heavy atom. The zero-order chi connectivity index (χ0) is 31.8. The fraction of sp³-hybridized carbons (Fsp3) is 0.258. The minimum Gasteiger partial charge on any atom is -0.545 e. The smallest absolute Gasteiger partial charge is 0.321 e. The summed E-state index contributed by atoms with van der Waals surface area (Å²) in [6.45, 7) is 2.83. The molecule has 4 atom stereocenters. The lowest BCUT2D eigenvalue weighted by atomic mass is 9.96. The number of anilines is 2. The third kappa shape index (κ3) is 8.10. The van der Waals surface area contributed by atoms with E-state index in [-0.39, 0.29) is 29.8 Å². The van der Waals surface area contributed by atoms with Gasteiger partial charge in [0.15, 0.2) is 5.78 Å². The molecule has 0 aliphatic heterocycles. The fourth-order valence-electron chi connectivity index (χ4n) is 4.52. The summed E-state index contributed by atoms with van der Waals surface area (Å²) in [4.78, 5) is 63.7. The van der Waals surface area contributed by atoms with Crippen LogP contribution in [0.1, 0.15) is 45.7 Å². The van der Waals surface area contributed by atoms with Crippen LogP contribution in [-0.2, 0) is 27.2 Å². The highest BCUT2D eigenvalue weighted by Gasteiger charge is 2.31. The number of nitrogens with one attached hydrogen (secondary N) is 1. The summed E-state index contributed by atoms with van der Waals surface area (Å²) in [6.07, 6.45) is 0.0695. The number of carboxylic acids is 3. The third-order valence-electron chi connectivity index (χ3n) is 6.75. The van der Waals surface area contributed by atoms with E-state index in [0.29, 0.717) is 5.56 Å². The number of rotatable bonds is 14. The molecular weight excluding hydrogens is 556 g/mol. The number of carbonyl (C=O) groups excluding carboxylic acids is 3. The van der Waals surface area contributed by atoms with Crippen molar-refractivity contribution in [1.82, 2.24) is 5.32 Å². The predicted octanol–water partition coefficient (Wildman–Crippen LogP) is 0.873. The molecule has 3 rings (SSSR count). The average molecular weight is 590 g/mol. The molecule has 0 heterocycles. The van der Waals surface area contributed by atoms with Crippen LogP contribution in [0.4, 0.5) is 11.4 Å². The van der Waals surface area contributed by atoms with Gasteiger partial charge in [-0.1, -0.05) is 54.6 Å². The maximum absolute atomic E-state index is 13.8. The maximum atomic E-state index is 13.8. The molecule has 1 unspecified atom stereocenters. The molecule has 0 radical (unpaired) electrons. The van der Waals surface area contributed by atoms with Crippen molar-refractivity contribution in [2.75, 3.05) is 4.90 Å². The van der Waals surface area contributed by atoms with Crippen LogP contribution in [-0.4, -0.2) is 64.0 Å². The van der Waals surface area contributed by atoms with E-state index >= 15 is 0 Å². The van der Waals surface area contributed by atoms with Gasteiger partial charge in [-0.25, -0.2) is 0 Å². The minimum atomic E-state index is -1.66. The van der Waals surface area contributed by atoms with Gasteiger partial charge >= 0.3 is 11.9 Å². The van der Waals surface area contributed by atoms with E-state index in [1.807, 2.05) is 0 Å². The molecule has 0 bridgehead atoms. The van der Waals surface area contributed by atoms with Crippen molar-refractivity contribution < 1.29 is 39.3 Å². The molecule has 3 aromatic rings. The number of hydrogen-bond acceptors (Lipinski definition) is 9. The van der Waals surface area contributed by atoms with Crippen LogP contribution in [0.3, 0.4) is 0 Å². The van der Waals surface area contributed by atoms with Gasteiger partial charge in [0.2, 0.25) is 5.91 Å².